The molecule has 0 aliphatic rings. The number of aldehydes is 1. The molecule has 6 nitrogen and oxygen atoms in total. The maximum atomic E-state index is 10.7. The van der Waals surface area contributed by atoms with Gasteiger partial charge >= 0.3 is 0 Å². The molecular weight excluding hydrogens is 210 g/mol. The van der Waals surface area contributed by atoms with Crippen molar-refractivity contribution in [2.45, 2.75) is 26.3 Å². The number of rotatable bonds is 8. The second-order valence-corrected chi connectivity index (χ2v) is 3.35. The van der Waals surface area contributed by atoms with Crippen LogP contribution in [0.3, 0.4) is 0 Å². The number of hydrogen-bond acceptors (Lipinski definition) is 5. The van der Waals surface area contributed by atoms with Crippen LogP contribution >= 0.6 is 0 Å². The van der Waals surface area contributed by atoms with Crippen LogP contribution in [0.25, 0.3) is 0 Å². The maximum absolute atomic E-state index is 10.7. The van der Waals surface area contributed by atoms with Crippen molar-refractivity contribution in [2.24, 2.45) is 0 Å². The van der Waals surface area contributed by atoms with Gasteiger partial charge in [-0.2, -0.15) is 0 Å². The van der Waals surface area contributed by atoms with Crippen molar-refractivity contribution in [3.8, 4) is 0 Å². The Labute approximate surface area is 94.2 Å². The van der Waals surface area contributed by atoms with Gasteiger partial charge in [0.05, 0.1) is 32.1 Å². The average molecular weight is 227 g/mol. The van der Waals surface area contributed by atoms with E-state index in [0.717, 1.165) is 24.8 Å². The van der Waals surface area contributed by atoms with E-state index in [1.807, 2.05) is 6.92 Å². The molecule has 90 valence electrons. The summed E-state index contributed by atoms with van der Waals surface area (Å²) in [6.07, 6.45) is 2.44. The lowest BCUT2D eigenvalue weighted by atomic mass is 10.2. The molecule has 0 fully saturated rings. The molecule has 1 aromatic rings. The van der Waals surface area contributed by atoms with Crippen molar-refractivity contribution in [1.82, 2.24) is 15.0 Å². The minimum atomic E-state index is 0.0127. The monoisotopic (exact) mass is 227 g/mol. The predicted molar refractivity (Wildman–Crippen MR) is 57.3 cm³/mol. The van der Waals surface area contributed by atoms with Gasteiger partial charge in [0, 0.05) is 0 Å². The molecule has 0 saturated heterocycles. The van der Waals surface area contributed by atoms with Crippen LogP contribution in [-0.2, 0) is 17.7 Å². The number of carbonyl (C=O) groups is 1. The summed E-state index contributed by atoms with van der Waals surface area (Å²) in [5.41, 5.74) is 1.26. The second-order valence-electron chi connectivity index (χ2n) is 3.35. The number of nitrogens with zero attached hydrogens (tertiary/aromatic N) is 3. The molecule has 0 saturated carbocycles. The Balaban J connectivity index is 2.57. The van der Waals surface area contributed by atoms with Gasteiger partial charge in [-0.25, -0.2) is 4.68 Å². The summed E-state index contributed by atoms with van der Waals surface area (Å²) in [5, 5.41) is 16.2. The standard InChI is InChI=1S/C10H17N3O3/c1-2-3-10-9(8-15)11-12-13(10)4-6-16-7-5-14/h8,14H,2-7H2,1H3. The number of aliphatic hydroxyl groups is 1. The molecule has 0 radical (unpaired) electrons. The van der Waals surface area contributed by atoms with Gasteiger partial charge in [-0.3, -0.25) is 4.79 Å². The third-order valence-corrected chi connectivity index (χ3v) is 2.15. The van der Waals surface area contributed by atoms with E-state index < -0.39 is 0 Å². The number of aliphatic hydroxyl groups excluding tert-OH is 1. The number of ether oxygens (including phenoxy) is 1. The summed E-state index contributed by atoms with van der Waals surface area (Å²) in [6, 6.07) is 0. The van der Waals surface area contributed by atoms with E-state index in [1.165, 1.54) is 0 Å². The quantitative estimate of drug-likeness (QED) is 0.501. The first-order chi connectivity index (χ1) is 7.83. The lowest BCUT2D eigenvalue weighted by molar-refractivity contribution is 0.0847. The molecule has 1 heterocycles. The van der Waals surface area contributed by atoms with Crippen LogP contribution in [0, 0.1) is 0 Å². The highest BCUT2D eigenvalue weighted by molar-refractivity contribution is 5.73. The average Bonchev–Trinajstić information content (AvgIpc) is 2.68. The Hall–Kier alpha value is -1.27. The van der Waals surface area contributed by atoms with E-state index in [4.69, 9.17) is 9.84 Å². The normalized spacial score (nSPS) is 10.6. The fourth-order valence-electron chi connectivity index (χ4n) is 1.43. The summed E-state index contributed by atoms with van der Waals surface area (Å²) >= 11 is 0. The molecule has 0 spiro atoms. The van der Waals surface area contributed by atoms with Gasteiger partial charge in [-0.15, -0.1) is 5.10 Å². The molecule has 1 rings (SSSR count). The minimum absolute atomic E-state index is 0.0127. The Morgan fingerprint density at radius 3 is 2.94 bits per heavy atom. The SMILES string of the molecule is CCCc1c(C=O)nnn1CCOCCO. The first kappa shape index (κ1) is 12.8. The van der Waals surface area contributed by atoms with Crippen molar-refractivity contribution in [3.05, 3.63) is 11.4 Å². The van der Waals surface area contributed by atoms with Crippen LogP contribution < -0.4 is 0 Å². The van der Waals surface area contributed by atoms with Crippen LogP contribution in [0.4, 0.5) is 0 Å². The zero-order chi connectivity index (χ0) is 11.8. The minimum Gasteiger partial charge on any atom is -0.394 e. The Morgan fingerprint density at radius 2 is 2.31 bits per heavy atom. The topological polar surface area (TPSA) is 77.2 Å². The van der Waals surface area contributed by atoms with Gasteiger partial charge in [-0.1, -0.05) is 18.6 Å². The van der Waals surface area contributed by atoms with Gasteiger partial charge in [0.25, 0.3) is 0 Å². The largest absolute Gasteiger partial charge is 0.394 e. The Morgan fingerprint density at radius 1 is 1.50 bits per heavy atom. The summed E-state index contributed by atoms with van der Waals surface area (Å²) in [6.45, 7) is 3.38. The van der Waals surface area contributed by atoms with E-state index in [-0.39, 0.29) is 6.61 Å². The molecule has 0 amide bonds. The lowest BCUT2D eigenvalue weighted by Gasteiger charge is -2.05. The molecule has 0 aliphatic heterocycles. The van der Waals surface area contributed by atoms with Gasteiger partial charge in [0.15, 0.2) is 6.29 Å². The molecule has 0 unspecified atom stereocenters. The highest BCUT2D eigenvalue weighted by Gasteiger charge is 2.10. The van der Waals surface area contributed by atoms with Gasteiger partial charge < -0.3 is 9.84 Å². The van der Waals surface area contributed by atoms with E-state index >= 15 is 0 Å². The molecule has 1 N–H and O–H groups in total. The molecule has 6 heteroatoms. The van der Waals surface area contributed by atoms with Gasteiger partial charge in [-0.05, 0) is 6.42 Å². The fraction of sp³-hybridized carbons (Fsp3) is 0.700. The molecular formula is C10H17N3O3. The Kier molecular flexibility index (Phi) is 5.66. The number of hydrogen-bond donors (Lipinski definition) is 1. The van der Waals surface area contributed by atoms with Crippen LogP contribution in [0.5, 0.6) is 0 Å². The van der Waals surface area contributed by atoms with Gasteiger partial charge in [0.1, 0.15) is 5.69 Å². The predicted octanol–water partition coefficient (Wildman–Crippen LogP) is 0.0520. The summed E-state index contributed by atoms with van der Waals surface area (Å²) in [4.78, 5) is 10.7. The van der Waals surface area contributed by atoms with Crippen LogP contribution in [0.1, 0.15) is 29.5 Å². The van der Waals surface area contributed by atoms with Crippen molar-refractivity contribution in [1.29, 1.82) is 0 Å². The molecule has 1 aromatic heterocycles. The lowest BCUT2D eigenvalue weighted by Crippen LogP contribution is -2.12. The second kappa shape index (κ2) is 7.08. The van der Waals surface area contributed by atoms with Crippen molar-refractivity contribution < 1.29 is 14.6 Å². The fourth-order valence-corrected chi connectivity index (χ4v) is 1.43. The van der Waals surface area contributed by atoms with Crippen LogP contribution in [-0.4, -0.2) is 46.2 Å². The van der Waals surface area contributed by atoms with E-state index in [0.29, 0.717) is 25.5 Å². The zero-order valence-corrected chi connectivity index (χ0v) is 9.43. The highest BCUT2D eigenvalue weighted by Crippen LogP contribution is 2.06. The summed E-state index contributed by atoms with van der Waals surface area (Å²) in [7, 11) is 0. The summed E-state index contributed by atoms with van der Waals surface area (Å²) < 4.78 is 6.82. The first-order valence-electron chi connectivity index (χ1n) is 5.39. The van der Waals surface area contributed by atoms with Crippen LogP contribution in [0.15, 0.2) is 0 Å². The van der Waals surface area contributed by atoms with E-state index in [1.54, 1.807) is 4.68 Å². The van der Waals surface area contributed by atoms with Crippen molar-refractivity contribution in [3.63, 3.8) is 0 Å². The van der Waals surface area contributed by atoms with Crippen molar-refractivity contribution in [2.75, 3.05) is 19.8 Å². The molecule has 0 bridgehead atoms. The Bertz CT molecular complexity index is 325. The van der Waals surface area contributed by atoms with E-state index in [9.17, 15) is 4.79 Å². The number of carbonyl (C=O) groups excluding carboxylic acids is 1. The number of aromatic nitrogens is 3. The molecule has 0 atom stereocenters. The van der Waals surface area contributed by atoms with Crippen LogP contribution in [0.2, 0.25) is 0 Å². The highest BCUT2D eigenvalue weighted by atomic mass is 16.5. The smallest absolute Gasteiger partial charge is 0.172 e. The maximum Gasteiger partial charge on any atom is 0.172 e. The molecule has 16 heavy (non-hydrogen) atoms. The van der Waals surface area contributed by atoms with Crippen molar-refractivity contribution >= 4 is 6.29 Å². The van der Waals surface area contributed by atoms with E-state index in [2.05, 4.69) is 10.3 Å². The van der Waals surface area contributed by atoms with Gasteiger partial charge in [0.2, 0.25) is 0 Å². The third kappa shape index (κ3) is 3.39. The zero-order valence-electron chi connectivity index (χ0n) is 9.43. The molecule has 0 aliphatic carbocycles. The summed E-state index contributed by atoms with van der Waals surface area (Å²) in [5.74, 6) is 0. The molecule has 0 aromatic carbocycles. The third-order valence-electron chi connectivity index (χ3n) is 2.15. The first-order valence-corrected chi connectivity index (χ1v) is 5.39.